The molecule has 0 bridgehead atoms. The molecule has 136 valence electrons. The highest BCUT2D eigenvalue weighted by Crippen LogP contribution is 2.25. The van der Waals surface area contributed by atoms with Gasteiger partial charge in [0.1, 0.15) is 0 Å². The van der Waals surface area contributed by atoms with E-state index < -0.39 is 0 Å². The maximum Gasteiger partial charge on any atom is 0.251 e. The van der Waals surface area contributed by atoms with E-state index in [-0.39, 0.29) is 24.6 Å². The van der Waals surface area contributed by atoms with E-state index in [2.05, 4.69) is 5.32 Å². The van der Waals surface area contributed by atoms with Gasteiger partial charge in [0.05, 0.1) is 19.8 Å². The number of nitrogens with zero attached hydrogens (tertiary/aromatic N) is 1. The summed E-state index contributed by atoms with van der Waals surface area (Å²) in [7, 11) is 0. The monoisotopic (exact) mass is 346 g/mol. The molecule has 6 heteroatoms. The van der Waals surface area contributed by atoms with Crippen LogP contribution in [0.25, 0.3) is 0 Å². The van der Waals surface area contributed by atoms with Crippen molar-refractivity contribution in [1.29, 1.82) is 0 Å². The summed E-state index contributed by atoms with van der Waals surface area (Å²) in [6.07, 6.45) is 1.64. The number of likely N-dealkylation sites (tertiary alicyclic amines) is 1. The molecule has 2 saturated heterocycles. The van der Waals surface area contributed by atoms with Crippen molar-refractivity contribution in [2.24, 2.45) is 5.92 Å². The Labute approximate surface area is 148 Å². The van der Waals surface area contributed by atoms with Crippen LogP contribution in [0.3, 0.4) is 0 Å². The highest BCUT2D eigenvalue weighted by atomic mass is 16.7. The van der Waals surface area contributed by atoms with Crippen molar-refractivity contribution in [1.82, 2.24) is 10.2 Å². The number of nitrogens with one attached hydrogen (secondary N) is 1. The van der Waals surface area contributed by atoms with Gasteiger partial charge >= 0.3 is 0 Å². The Balaban J connectivity index is 1.44. The molecule has 2 heterocycles. The number of piperidine rings is 1. The summed E-state index contributed by atoms with van der Waals surface area (Å²) in [5, 5.41) is 2.73. The first-order valence-electron chi connectivity index (χ1n) is 8.91. The average molecular weight is 346 g/mol. The second-order valence-corrected chi connectivity index (χ2v) is 6.81. The predicted molar refractivity (Wildman–Crippen MR) is 93.2 cm³/mol. The molecule has 2 aliphatic heterocycles. The minimum atomic E-state index is -0.209. The van der Waals surface area contributed by atoms with Gasteiger partial charge in [-0.2, -0.15) is 0 Å². The number of benzene rings is 1. The van der Waals surface area contributed by atoms with E-state index in [1.165, 1.54) is 0 Å². The lowest BCUT2D eigenvalue weighted by Gasteiger charge is -2.33. The second kappa shape index (κ2) is 7.97. The van der Waals surface area contributed by atoms with Crippen LogP contribution in [0.1, 0.15) is 34.3 Å². The molecule has 2 aliphatic rings. The van der Waals surface area contributed by atoms with Crippen LogP contribution in [-0.4, -0.2) is 55.9 Å². The summed E-state index contributed by atoms with van der Waals surface area (Å²) in [5.41, 5.74) is 2.80. The van der Waals surface area contributed by atoms with Crippen LogP contribution in [0.4, 0.5) is 0 Å². The van der Waals surface area contributed by atoms with Crippen molar-refractivity contribution in [3.05, 3.63) is 34.9 Å². The van der Waals surface area contributed by atoms with E-state index in [9.17, 15) is 9.59 Å². The molecule has 2 amide bonds. The maximum absolute atomic E-state index is 12.3. The van der Waals surface area contributed by atoms with Gasteiger partial charge in [0.15, 0.2) is 6.29 Å². The van der Waals surface area contributed by atoms with Crippen LogP contribution in [0.2, 0.25) is 0 Å². The van der Waals surface area contributed by atoms with Gasteiger partial charge in [0.2, 0.25) is 5.91 Å². The molecule has 0 atom stereocenters. The molecule has 3 rings (SSSR count). The largest absolute Gasteiger partial charge is 0.350 e. The second-order valence-electron chi connectivity index (χ2n) is 6.81. The summed E-state index contributed by atoms with van der Waals surface area (Å²) < 4.78 is 11.1. The molecule has 0 aromatic heterocycles. The molecule has 1 N–H and O–H groups in total. The Morgan fingerprint density at radius 1 is 1.12 bits per heavy atom. The number of amides is 2. The Kier molecular flexibility index (Phi) is 5.71. The van der Waals surface area contributed by atoms with E-state index in [1.54, 1.807) is 6.07 Å². The first-order valence-corrected chi connectivity index (χ1v) is 8.91. The van der Waals surface area contributed by atoms with Crippen LogP contribution in [0, 0.1) is 19.8 Å². The standard InChI is InChI=1S/C19H26N2O4/c1-13-3-4-16(11-14(13)2)18(23)20-12-17(22)21-7-5-15(6-8-21)19-24-9-10-25-19/h3-4,11,15,19H,5-10,12H2,1-2H3,(H,20,23). The van der Waals surface area contributed by atoms with E-state index in [1.807, 2.05) is 30.9 Å². The number of hydrogen-bond acceptors (Lipinski definition) is 4. The summed E-state index contributed by atoms with van der Waals surface area (Å²) in [4.78, 5) is 26.3. The molecular formula is C19H26N2O4. The predicted octanol–water partition coefficient (Wildman–Crippen LogP) is 1.64. The molecule has 0 spiro atoms. The smallest absolute Gasteiger partial charge is 0.251 e. The zero-order valence-electron chi connectivity index (χ0n) is 14.9. The first kappa shape index (κ1) is 17.9. The third-order valence-corrected chi connectivity index (χ3v) is 5.09. The van der Waals surface area contributed by atoms with Gasteiger partial charge in [-0.3, -0.25) is 9.59 Å². The van der Waals surface area contributed by atoms with Crippen LogP contribution in [0.5, 0.6) is 0 Å². The number of carbonyl (C=O) groups excluding carboxylic acids is 2. The normalized spacial score (nSPS) is 19.2. The Hall–Kier alpha value is -1.92. The quantitative estimate of drug-likeness (QED) is 0.900. The van der Waals surface area contributed by atoms with Gasteiger partial charge in [-0.25, -0.2) is 0 Å². The summed E-state index contributed by atoms with van der Waals surface area (Å²) in [6.45, 7) is 6.71. The van der Waals surface area contributed by atoms with Gasteiger partial charge in [-0.1, -0.05) is 6.07 Å². The van der Waals surface area contributed by atoms with Gasteiger partial charge < -0.3 is 19.7 Å². The lowest BCUT2D eigenvalue weighted by molar-refractivity contribution is -0.135. The Morgan fingerprint density at radius 2 is 1.80 bits per heavy atom. The summed E-state index contributed by atoms with van der Waals surface area (Å²) in [5.74, 6) is 0.111. The third kappa shape index (κ3) is 4.38. The van der Waals surface area contributed by atoms with E-state index >= 15 is 0 Å². The number of hydrogen-bond donors (Lipinski definition) is 1. The van der Waals surface area contributed by atoms with E-state index in [0.29, 0.717) is 37.8 Å². The lowest BCUT2D eigenvalue weighted by atomic mass is 9.96. The van der Waals surface area contributed by atoms with Gasteiger partial charge in [0, 0.05) is 24.6 Å². The summed E-state index contributed by atoms with van der Waals surface area (Å²) in [6, 6.07) is 5.56. The Bertz CT molecular complexity index is 632. The number of carbonyl (C=O) groups is 2. The molecule has 0 saturated carbocycles. The highest BCUT2D eigenvalue weighted by molar-refractivity contribution is 5.96. The van der Waals surface area contributed by atoms with Crippen molar-refractivity contribution in [2.45, 2.75) is 33.0 Å². The van der Waals surface area contributed by atoms with Crippen molar-refractivity contribution >= 4 is 11.8 Å². The summed E-state index contributed by atoms with van der Waals surface area (Å²) >= 11 is 0. The van der Waals surface area contributed by atoms with Crippen LogP contribution in [-0.2, 0) is 14.3 Å². The third-order valence-electron chi connectivity index (χ3n) is 5.09. The van der Waals surface area contributed by atoms with Crippen LogP contribution >= 0.6 is 0 Å². The topological polar surface area (TPSA) is 67.9 Å². The van der Waals surface area contributed by atoms with E-state index in [0.717, 1.165) is 24.0 Å². The fourth-order valence-corrected chi connectivity index (χ4v) is 3.32. The van der Waals surface area contributed by atoms with E-state index in [4.69, 9.17) is 9.47 Å². The van der Waals surface area contributed by atoms with Gasteiger partial charge in [-0.05, 0) is 49.9 Å². The fourth-order valence-electron chi connectivity index (χ4n) is 3.32. The molecule has 0 radical (unpaired) electrons. The Morgan fingerprint density at radius 3 is 2.44 bits per heavy atom. The van der Waals surface area contributed by atoms with Gasteiger partial charge in [0.25, 0.3) is 5.91 Å². The van der Waals surface area contributed by atoms with Crippen LogP contribution in [0.15, 0.2) is 18.2 Å². The molecule has 2 fully saturated rings. The number of aryl methyl sites for hydroxylation is 2. The first-order chi connectivity index (χ1) is 12.0. The number of rotatable bonds is 4. The molecule has 25 heavy (non-hydrogen) atoms. The molecule has 0 unspecified atom stereocenters. The molecular weight excluding hydrogens is 320 g/mol. The SMILES string of the molecule is Cc1ccc(C(=O)NCC(=O)N2CCC(C3OCCO3)CC2)cc1C. The van der Waals surface area contributed by atoms with Crippen molar-refractivity contribution < 1.29 is 19.1 Å². The molecule has 6 nitrogen and oxygen atoms in total. The molecule has 1 aromatic carbocycles. The maximum atomic E-state index is 12.3. The van der Waals surface area contributed by atoms with Crippen molar-refractivity contribution in [3.63, 3.8) is 0 Å². The minimum absolute atomic E-state index is 0.0346. The lowest BCUT2D eigenvalue weighted by Crippen LogP contribution is -2.45. The highest BCUT2D eigenvalue weighted by Gasteiger charge is 2.31. The molecule has 1 aromatic rings. The zero-order chi connectivity index (χ0) is 17.8. The molecule has 0 aliphatic carbocycles. The van der Waals surface area contributed by atoms with Crippen molar-refractivity contribution in [3.8, 4) is 0 Å². The van der Waals surface area contributed by atoms with Crippen molar-refractivity contribution in [2.75, 3.05) is 32.8 Å². The number of ether oxygens (including phenoxy) is 2. The van der Waals surface area contributed by atoms with Gasteiger partial charge in [-0.15, -0.1) is 0 Å². The van der Waals surface area contributed by atoms with Crippen LogP contribution < -0.4 is 5.32 Å². The zero-order valence-corrected chi connectivity index (χ0v) is 14.9. The fraction of sp³-hybridized carbons (Fsp3) is 0.579. The minimum Gasteiger partial charge on any atom is -0.350 e. The average Bonchev–Trinajstić information content (AvgIpc) is 3.16.